The van der Waals surface area contributed by atoms with Crippen molar-refractivity contribution in [2.75, 3.05) is 13.1 Å². The minimum absolute atomic E-state index is 0. The summed E-state index contributed by atoms with van der Waals surface area (Å²) in [5.41, 5.74) is -0.0774. The third-order valence-corrected chi connectivity index (χ3v) is 4.41. The Balaban J connectivity index is 0.00000420. The molecule has 2 aromatic rings. The molecule has 1 unspecified atom stereocenters. The first-order valence-corrected chi connectivity index (χ1v) is 9.51. The van der Waals surface area contributed by atoms with Gasteiger partial charge in [0.15, 0.2) is 5.96 Å². The Morgan fingerprint density at radius 1 is 1.28 bits per heavy atom. The first kappa shape index (κ1) is 25.3. The van der Waals surface area contributed by atoms with E-state index in [2.05, 4.69) is 25.2 Å². The summed E-state index contributed by atoms with van der Waals surface area (Å²) in [4.78, 5) is 8.73. The number of nitrogens with zero attached hydrogens (tertiary/aromatic N) is 3. The molecule has 9 heteroatoms. The molecule has 0 radical (unpaired) electrons. The molecule has 162 valence electrons. The van der Waals surface area contributed by atoms with Crippen LogP contribution >= 0.6 is 24.0 Å². The van der Waals surface area contributed by atoms with Gasteiger partial charge in [-0.15, -0.1) is 24.0 Å². The number of aryl methyl sites for hydroxylation is 2. The van der Waals surface area contributed by atoms with Gasteiger partial charge in [-0.1, -0.05) is 12.1 Å². The van der Waals surface area contributed by atoms with E-state index in [-0.39, 0.29) is 30.0 Å². The van der Waals surface area contributed by atoms with E-state index in [0.717, 1.165) is 31.3 Å². The Morgan fingerprint density at radius 3 is 2.66 bits per heavy atom. The molecule has 2 N–H and O–H groups in total. The van der Waals surface area contributed by atoms with Crippen LogP contribution in [0.3, 0.4) is 0 Å². The van der Waals surface area contributed by atoms with Gasteiger partial charge in [0, 0.05) is 32.0 Å². The Bertz CT molecular complexity index is 773. The van der Waals surface area contributed by atoms with Crippen LogP contribution in [-0.2, 0) is 12.7 Å². The quantitative estimate of drug-likeness (QED) is 0.224. The van der Waals surface area contributed by atoms with Crippen LogP contribution in [0.25, 0.3) is 0 Å². The first-order chi connectivity index (χ1) is 13.3. The molecule has 0 saturated heterocycles. The van der Waals surface area contributed by atoms with Crippen LogP contribution in [0.1, 0.15) is 49.7 Å². The molecule has 0 aliphatic heterocycles. The fraction of sp³-hybridized carbons (Fsp3) is 0.500. The van der Waals surface area contributed by atoms with E-state index in [1.165, 1.54) is 12.1 Å². The smallest absolute Gasteiger partial charge is 0.357 e. The molecule has 0 bridgehead atoms. The largest absolute Gasteiger partial charge is 0.416 e. The Hall–Kier alpha value is -1.78. The third kappa shape index (κ3) is 8.23. The zero-order chi connectivity index (χ0) is 20.6. The van der Waals surface area contributed by atoms with E-state index < -0.39 is 11.7 Å². The number of rotatable bonds is 8. The topological polar surface area (TPSA) is 54.2 Å². The highest BCUT2D eigenvalue weighted by atomic mass is 127. The van der Waals surface area contributed by atoms with E-state index >= 15 is 0 Å². The van der Waals surface area contributed by atoms with Gasteiger partial charge in [0.1, 0.15) is 5.82 Å². The minimum atomic E-state index is -4.35. The highest BCUT2D eigenvalue weighted by Gasteiger charge is 2.30. The van der Waals surface area contributed by atoms with Gasteiger partial charge >= 0.3 is 6.18 Å². The summed E-state index contributed by atoms with van der Waals surface area (Å²) < 4.78 is 40.9. The normalized spacial score (nSPS) is 13.0. The van der Waals surface area contributed by atoms with Crippen LogP contribution in [0.15, 0.2) is 41.7 Å². The molecule has 29 heavy (non-hydrogen) atoms. The van der Waals surface area contributed by atoms with Crippen molar-refractivity contribution in [2.45, 2.75) is 52.4 Å². The Morgan fingerprint density at radius 2 is 2.03 bits per heavy atom. The molecule has 0 saturated carbocycles. The summed E-state index contributed by atoms with van der Waals surface area (Å²) in [7, 11) is 0. The molecule has 5 nitrogen and oxygen atoms in total. The maximum Gasteiger partial charge on any atom is 0.416 e. The van der Waals surface area contributed by atoms with Crippen molar-refractivity contribution in [3.05, 3.63) is 53.6 Å². The Labute approximate surface area is 187 Å². The summed E-state index contributed by atoms with van der Waals surface area (Å²) in [5.74, 6) is 1.60. The second kappa shape index (κ2) is 12.0. The van der Waals surface area contributed by atoms with Gasteiger partial charge in [0.25, 0.3) is 0 Å². The number of aromatic nitrogens is 2. The maximum absolute atomic E-state index is 12.9. The third-order valence-electron chi connectivity index (χ3n) is 4.41. The van der Waals surface area contributed by atoms with Gasteiger partial charge in [0.05, 0.1) is 11.6 Å². The molecule has 0 spiro atoms. The maximum atomic E-state index is 12.9. The highest BCUT2D eigenvalue weighted by Crippen LogP contribution is 2.30. The van der Waals surface area contributed by atoms with Crippen molar-refractivity contribution in [3.63, 3.8) is 0 Å². The van der Waals surface area contributed by atoms with Crippen molar-refractivity contribution in [1.82, 2.24) is 20.2 Å². The van der Waals surface area contributed by atoms with Gasteiger partial charge in [-0.3, -0.25) is 4.99 Å². The summed E-state index contributed by atoms with van der Waals surface area (Å²) in [5, 5.41) is 6.33. The van der Waals surface area contributed by atoms with Crippen molar-refractivity contribution >= 4 is 29.9 Å². The number of benzene rings is 1. The summed E-state index contributed by atoms with van der Waals surface area (Å²) in [6.45, 7) is 7.96. The minimum Gasteiger partial charge on any atom is -0.357 e. The highest BCUT2D eigenvalue weighted by molar-refractivity contribution is 14.0. The number of alkyl halides is 3. The number of halogens is 4. The summed E-state index contributed by atoms with van der Waals surface area (Å²) >= 11 is 0. The van der Waals surface area contributed by atoms with E-state index in [1.807, 2.05) is 27.0 Å². The number of guanidine groups is 1. The lowest BCUT2D eigenvalue weighted by molar-refractivity contribution is -0.137. The molecule has 1 atom stereocenters. The zero-order valence-corrected chi connectivity index (χ0v) is 19.3. The van der Waals surface area contributed by atoms with Gasteiger partial charge in [0.2, 0.25) is 0 Å². The molecule has 0 aliphatic rings. The number of hydrogen-bond acceptors (Lipinski definition) is 2. The number of aliphatic imine (C=N–C) groups is 1. The number of hydrogen-bond donors (Lipinski definition) is 2. The van der Waals surface area contributed by atoms with E-state index in [9.17, 15) is 13.2 Å². The lowest BCUT2D eigenvalue weighted by atomic mass is 10.1. The Kier molecular flexibility index (Phi) is 10.5. The molecule has 0 aliphatic carbocycles. The van der Waals surface area contributed by atoms with Crippen LogP contribution in [-0.4, -0.2) is 28.6 Å². The molecule has 0 amide bonds. The van der Waals surface area contributed by atoms with Gasteiger partial charge in [-0.05, 0) is 51.3 Å². The average molecular weight is 523 g/mol. The summed E-state index contributed by atoms with van der Waals surface area (Å²) in [6.07, 6.45) is 1.29. The lowest BCUT2D eigenvalue weighted by Crippen LogP contribution is -2.38. The van der Waals surface area contributed by atoms with E-state index in [1.54, 1.807) is 12.3 Å². The molecule has 1 heterocycles. The second-order valence-electron chi connectivity index (χ2n) is 6.62. The number of unbranched alkanes of at least 4 members (excludes halogenated alkanes) is 1. The predicted octanol–water partition coefficient (Wildman–Crippen LogP) is 4.92. The van der Waals surface area contributed by atoms with Gasteiger partial charge < -0.3 is 15.2 Å². The molecule has 2 rings (SSSR count). The molecule has 1 aromatic carbocycles. The van der Waals surface area contributed by atoms with Crippen molar-refractivity contribution in [3.8, 4) is 0 Å². The van der Waals surface area contributed by atoms with E-state index in [0.29, 0.717) is 24.6 Å². The lowest BCUT2D eigenvalue weighted by Gasteiger charge is -2.19. The fourth-order valence-electron chi connectivity index (χ4n) is 2.82. The molecule has 0 fully saturated rings. The number of imidazole rings is 1. The molecular weight excluding hydrogens is 494 g/mol. The molecular formula is C20H29F3IN5. The van der Waals surface area contributed by atoms with Crippen LogP contribution in [0.4, 0.5) is 13.2 Å². The monoisotopic (exact) mass is 523 g/mol. The van der Waals surface area contributed by atoms with E-state index in [4.69, 9.17) is 0 Å². The first-order valence-electron chi connectivity index (χ1n) is 9.51. The molecule has 1 aromatic heterocycles. The predicted molar refractivity (Wildman–Crippen MR) is 121 cm³/mol. The van der Waals surface area contributed by atoms with Crippen LogP contribution in [0.5, 0.6) is 0 Å². The van der Waals surface area contributed by atoms with Crippen LogP contribution in [0.2, 0.25) is 0 Å². The zero-order valence-electron chi connectivity index (χ0n) is 17.0. The van der Waals surface area contributed by atoms with Crippen molar-refractivity contribution in [2.24, 2.45) is 4.99 Å². The fourth-order valence-corrected chi connectivity index (χ4v) is 2.82. The van der Waals surface area contributed by atoms with Gasteiger partial charge in [-0.25, -0.2) is 4.98 Å². The van der Waals surface area contributed by atoms with Crippen molar-refractivity contribution in [1.29, 1.82) is 0 Å². The van der Waals surface area contributed by atoms with Crippen LogP contribution < -0.4 is 10.6 Å². The second-order valence-corrected chi connectivity index (χ2v) is 6.62. The average Bonchev–Trinajstić information content (AvgIpc) is 3.06. The van der Waals surface area contributed by atoms with Gasteiger partial charge in [-0.2, -0.15) is 13.2 Å². The standard InChI is InChI=1S/C20H28F3N5.HI/c1-4-24-19(26-10-5-6-12-28-13-11-25-16(28)3)27-15(2)17-8-7-9-18(14-17)20(21,22)23;/h7-9,11,13-15H,4-6,10,12H2,1-3H3,(H2,24,26,27);1H. The SMILES string of the molecule is CCNC(=NCCCCn1ccnc1C)NC(C)c1cccc(C(F)(F)F)c1.I. The van der Waals surface area contributed by atoms with Crippen molar-refractivity contribution < 1.29 is 13.2 Å². The number of nitrogens with one attached hydrogen (secondary N) is 2. The van der Waals surface area contributed by atoms with Crippen LogP contribution in [0, 0.1) is 6.92 Å². The summed E-state index contributed by atoms with van der Waals surface area (Å²) in [6, 6.07) is 5.07.